The van der Waals surface area contributed by atoms with E-state index in [1.165, 1.54) is 0 Å². The molecular formula is C21H18ClN5. The van der Waals surface area contributed by atoms with Gasteiger partial charge in [-0.05, 0) is 49.2 Å². The van der Waals surface area contributed by atoms with Crippen molar-refractivity contribution >= 4 is 45.6 Å². The molecule has 0 fully saturated rings. The topological polar surface area (TPSA) is 62.7 Å². The van der Waals surface area contributed by atoms with Crippen molar-refractivity contribution in [1.82, 2.24) is 15.0 Å². The highest BCUT2D eigenvalue weighted by molar-refractivity contribution is 6.33. The fourth-order valence-electron chi connectivity index (χ4n) is 3.02. The minimum atomic E-state index is 0.474. The first-order chi connectivity index (χ1) is 13.1. The average Bonchev–Trinajstić information content (AvgIpc) is 2.65. The van der Waals surface area contributed by atoms with Crippen molar-refractivity contribution in [1.29, 1.82) is 0 Å². The number of fused-ring (bicyclic) bond motifs is 1. The summed E-state index contributed by atoms with van der Waals surface area (Å²) in [5.74, 6) is 1.15. The standard InChI is InChI=1S/C21H18ClN5/c1-13-11-14(2)19(16(22)12-13)27-21-24-10-8-18(26-21)25-17-7-3-5-15-6-4-9-23-20(15)17/h3-12H,1-2H3,(H2,24,25,26,27). The van der Waals surface area contributed by atoms with Gasteiger partial charge in [0.15, 0.2) is 0 Å². The molecule has 2 N–H and O–H groups in total. The van der Waals surface area contributed by atoms with Crippen LogP contribution >= 0.6 is 11.6 Å². The minimum Gasteiger partial charge on any atom is -0.338 e. The summed E-state index contributed by atoms with van der Waals surface area (Å²) in [6, 6.07) is 15.8. The van der Waals surface area contributed by atoms with Crippen molar-refractivity contribution in [2.45, 2.75) is 13.8 Å². The number of nitrogens with one attached hydrogen (secondary N) is 2. The molecule has 4 rings (SSSR count). The molecule has 0 atom stereocenters. The number of anilines is 4. The number of halogens is 1. The molecule has 0 aliphatic heterocycles. The highest BCUT2D eigenvalue weighted by Gasteiger charge is 2.09. The first kappa shape index (κ1) is 17.2. The summed E-state index contributed by atoms with van der Waals surface area (Å²) in [5.41, 5.74) is 4.75. The van der Waals surface area contributed by atoms with Crippen LogP contribution in [0.3, 0.4) is 0 Å². The molecule has 0 bridgehead atoms. The lowest BCUT2D eigenvalue weighted by Crippen LogP contribution is -2.02. The Morgan fingerprint density at radius 1 is 0.889 bits per heavy atom. The number of aromatic nitrogens is 3. The third-order valence-electron chi connectivity index (χ3n) is 4.22. The van der Waals surface area contributed by atoms with Gasteiger partial charge in [-0.15, -0.1) is 0 Å². The van der Waals surface area contributed by atoms with Crippen LogP contribution in [0.1, 0.15) is 11.1 Å². The van der Waals surface area contributed by atoms with Crippen molar-refractivity contribution < 1.29 is 0 Å². The van der Waals surface area contributed by atoms with E-state index in [9.17, 15) is 0 Å². The van der Waals surface area contributed by atoms with Crippen LogP contribution in [0.4, 0.5) is 23.1 Å². The number of aryl methyl sites for hydroxylation is 2. The van der Waals surface area contributed by atoms with Crippen LogP contribution in [0, 0.1) is 13.8 Å². The molecular weight excluding hydrogens is 358 g/mol. The summed E-state index contributed by atoms with van der Waals surface area (Å²) in [5, 5.41) is 8.26. The smallest absolute Gasteiger partial charge is 0.229 e. The normalized spacial score (nSPS) is 10.8. The van der Waals surface area contributed by atoms with Crippen LogP contribution < -0.4 is 10.6 Å². The maximum Gasteiger partial charge on any atom is 0.229 e. The largest absolute Gasteiger partial charge is 0.338 e. The van der Waals surface area contributed by atoms with Crippen molar-refractivity contribution in [3.05, 3.63) is 77.1 Å². The van der Waals surface area contributed by atoms with Gasteiger partial charge in [-0.3, -0.25) is 4.98 Å². The Balaban J connectivity index is 1.63. The van der Waals surface area contributed by atoms with Crippen LogP contribution in [-0.4, -0.2) is 15.0 Å². The highest BCUT2D eigenvalue weighted by atomic mass is 35.5. The summed E-state index contributed by atoms with van der Waals surface area (Å²) < 4.78 is 0. The summed E-state index contributed by atoms with van der Waals surface area (Å²) in [6.45, 7) is 4.02. The Morgan fingerprint density at radius 2 is 1.74 bits per heavy atom. The van der Waals surface area contributed by atoms with Crippen LogP contribution in [0.25, 0.3) is 10.9 Å². The minimum absolute atomic E-state index is 0.474. The van der Waals surface area contributed by atoms with Gasteiger partial charge in [0.1, 0.15) is 5.82 Å². The van der Waals surface area contributed by atoms with Gasteiger partial charge in [0.25, 0.3) is 0 Å². The molecule has 134 valence electrons. The molecule has 4 aromatic rings. The molecule has 0 saturated carbocycles. The Kier molecular flexibility index (Phi) is 4.60. The Morgan fingerprint density at radius 3 is 2.59 bits per heavy atom. The fourth-order valence-corrected chi connectivity index (χ4v) is 3.39. The Bertz CT molecular complexity index is 1100. The van der Waals surface area contributed by atoms with Gasteiger partial charge in [0.05, 0.1) is 21.9 Å². The zero-order valence-corrected chi connectivity index (χ0v) is 15.7. The molecule has 2 heterocycles. The molecule has 0 saturated heterocycles. The highest BCUT2D eigenvalue weighted by Crippen LogP contribution is 2.30. The van der Waals surface area contributed by atoms with Crippen molar-refractivity contribution in [3.8, 4) is 0 Å². The van der Waals surface area contributed by atoms with Gasteiger partial charge in [0.2, 0.25) is 5.95 Å². The molecule has 27 heavy (non-hydrogen) atoms. The lowest BCUT2D eigenvalue weighted by atomic mass is 10.1. The quantitative estimate of drug-likeness (QED) is 0.473. The van der Waals surface area contributed by atoms with Crippen LogP contribution in [0.15, 0.2) is 60.9 Å². The Labute approximate surface area is 162 Å². The molecule has 2 aromatic heterocycles. The SMILES string of the molecule is Cc1cc(C)c(Nc2nccc(Nc3cccc4cccnc34)n2)c(Cl)c1. The van der Waals surface area contributed by atoms with E-state index in [1.807, 2.05) is 56.3 Å². The molecule has 0 unspecified atom stereocenters. The number of hydrogen-bond acceptors (Lipinski definition) is 5. The van der Waals surface area contributed by atoms with E-state index in [1.54, 1.807) is 12.4 Å². The van der Waals surface area contributed by atoms with Gasteiger partial charge < -0.3 is 10.6 Å². The van der Waals surface area contributed by atoms with Crippen molar-refractivity contribution in [3.63, 3.8) is 0 Å². The number of rotatable bonds is 4. The van der Waals surface area contributed by atoms with Gasteiger partial charge in [-0.1, -0.05) is 35.9 Å². The van der Waals surface area contributed by atoms with Crippen LogP contribution in [0.5, 0.6) is 0 Å². The first-order valence-electron chi connectivity index (χ1n) is 8.58. The zero-order chi connectivity index (χ0) is 18.8. The van der Waals surface area contributed by atoms with E-state index in [4.69, 9.17) is 11.6 Å². The van der Waals surface area contributed by atoms with Crippen LogP contribution in [-0.2, 0) is 0 Å². The summed E-state index contributed by atoms with van der Waals surface area (Å²) in [7, 11) is 0. The predicted molar refractivity (Wildman–Crippen MR) is 111 cm³/mol. The van der Waals surface area contributed by atoms with E-state index in [0.717, 1.165) is 33.4 Å². The molecule has 2 aromatic carbocycles. The predicted octanol–water partition coefficient (Wildman–Crippen LogP) is 5.78. The maximum absolute atomic E-state index is 6.38. The molecule has 5 nitrogen and oxygen atoms in total. The summed E-state index contributed by atoms with van der Waals surface area (Å²) in [4.78, 5) is 13.3. The van der Waals surface area contributed by atoms with Gasteiger partial charge in [0, 0.05) is 17.8 Å². The lowest BCUT2D eigenvalue weighted by molar-refractivity contribution is 1.16. The molecule has 0 aliphatic rings. The van der Waals surface area contributed by atoms with Gasteiger partial charge in [-0.2, -0.15) is 4.98 Å². The second-order valence-electron chi connectivity index (χ2n) is 6.33. The fraction of sp³-hybridized carbons (Fsp3) is 0.0952. The molecule has 0 spiro atoms. The van der Waals surface area contributed by atoms with E-state index < -0.39 is 0 Å². The second-order valence-corrected chi connectivity index (χ2v) is 6.74. The third kappa shape index (κ3) is 3.68. The van der Waals surface area contributed by atoms with Crippen molar-refractivity contribution in [2.75, 3.05) is 10.6 Å². The lowest BCUT2D eigenvalue weighted by Gasteiger charge is -2.13. The Hall–Kier alpha value is -3.18. The first-order valence-corrected chi connectivity index (χ1v) is 8.95. The maximum atomic E-state index is 6.38. The number of benzene rings is 2. The van der Waals surface area contributed by atoms with E-state index in [-0.39, 0.29) is 0 Å². The van der Waals surface area contributed by atoms with Crippen LogP contribution in [0.2, 0.25) is 5.02 Å². The second kappa shape index (κ2) is 7.21. The summed E-state index contributed by atoms with van der Waals surface area (Å²) >= 11 is 6.38. The van der Waals surface area contributed by atoms with E-state index in [2.05, 4.69) is 31.7 Å². The molecule has 6 heteroatoms. The molecule has 0 amide bonds. The average molecular weight is 376 g/mol. The zero-order valence-electron chi connectivity index (χ0n) is 15.0. The number of pyridine rings is 1. The monoisotopic (exact) mass is 375 g/mol. The molecule has 0 aliphatic carbocycles. The molecule has 0 radical (unpaired) electrons. The summed E-state index contributed by atoms with van der Waals surface area (Å²) in [6.07, 6.45) is 3.48. The number of hydrogen-bond donors (Lipinski definition) is 2. The number of nitrogens with zero attached hydrogens (tertiary/aromatic N) is 3. The van der Waals surface area contributed by atoms with Gasteiger partial charge in [-0.25, -0.2) is 4.98 Å². The third-order valence-corrected chi connectivity index (χ3v) is 4.52. The van der Waals surface area contributed by atoms with Gasteiger partial charge >= 0.3 is 0 Å². The number of para-hydroxylation sites is 1. The van der Waals surface area contributed by atoms with E-state index >= 15 is 0 Å². The van der Waals surface area contributed by atoms with E-state index in [0.29, 0.717) is 16.8 Å². The van der Waals surface area contributed by atoms with Crippen molar-refractivity contribution in [2.24, 2.45) is 0 Å².